The molecule has 3 rings (SSSR count). The molecule has 2 aromatic carbocycles. The lowest BCUT2D eigenvalue weighted by Crippen LogP contribution is -2.41. The zero-order valence-electron chi connectivity index (χ0n) is 15.5. The van der Waals surface area contributed by atoms with Crippen LogP contribution in [-0.4, -0.2) is 37.0 Å². The van der Waals surface area contributed by atoms with Gasteiger partial charge < -0.3 is 10.1 Å². The van der Waals surface area contributed by atoms with Gasteiger partial charge in [-0.25, -0.2) is 0 Å². The Morgan fingerprint density at radius 3 is 2.62 bits per heavy atom. The number of carbonyl (C=O) groups is 1. The fraction of sp³-hybridized carbons (Fsp3) is 0.409. The second kappa shape index (κ2) is 9.39. The van der Waals surface area contributed by atoms with Crippen molar-refractivity contribution in [3.05, 3.63) is 65.7 Å². The van der Waals surface area contributed by atoms with Gasteiger partial charge in [-0.2, -0.15) is 0 Å². The smallest absolute Gasteiger partial charge is 0.223 e. The summed E-state index contributed by atoms with van der Waals surface area (Å²) in [5.41, 5.74) is 2.36. The summed E-state index contributed by atoms with van der Waals surface area (Å²) in [6, 6.07) is 18.2. The van der Waals surface area contributed by atoms with E-state index >= 15 is 0 Å². The van der Waals surface area contributed by atoms with E-state index < -0.39 is 0 Å². The van der Waals surface area contributed by atoms with Gasteiger partial charge >= 0.3 is 0 Å². The van der Waals surface area contributed by atoms with Crippen molar-refractivity contribution in [1.29, 1.82) is 0 Å². The van der Waals surface area contributed by atoms with E-state index in [-0.39, 0.29) is 11.8 Å². The Bertz CT molecular complexity index is 694. The van der Waals surface area contributed by atoms with E-state index in [2.05, 4.69) is 29.3 Å². The van der Waals surface area contributed by atoms with E-state index in [0.29, 0.717) is 13.2 Å². The summed E-state index contributed by atoms with van der Waals surface area (Å²) in [7, 11) is 0. The maximum atomic E-state index is 12.4. The molecule has 1 aliphatic heterocycles. The van der Waals surface area contributed by atoms with Crippen LogP contribution in [0.25, 0.3) is 0 Å². The molecule has 0 bridgehead atoms. The standard InChI is InChI=1S/C22H28N2O2/c1-18-6-5-9-21(16-18)26-15-14-24-12-10-20(11-13-24)22(25)23-17-19-7-3-2-4-8-19/h2-9,16,20H,10-15,17H2,1H3,(H,23,25). The van der Waals surface area contributed by atoms with E-state index in [9.17, 15) is 4.79 Å². The highest BCUT2D eigenvalue weighted by atomic mass is 16.5. The summed E-state index contributed by atoms with van der Waals surface area (Å²) >= 11 is 0. The molecule has 1 N–H and O–H groups in total. The lowest BCUT2D eigenvalue weighted by atomic mass is 9.96. The second-order valence-corrected chi connectivity index (χ2v) is 6.98. The minimum Gasteiger partial charge on any atom is -0.492 e. The minimum atomic E-state index is 0.132. The maximum absolute atomic E-state index is 12.4. The summed E-state index contributed by atoms with van der Waals surface area (Å²) in [4.78, 5) is 14.7. The number of benzene rings is 2. The topological polar surface area (TPSA) is 41.6 Å². The van der Waals surface area contributed by atoms with Gasteiger partial charge in [0.1, 0.15) is 12.4 Å². The summed E-state index contributed by atoms with van der Waals surface area (Å²) in [6.45, 7) is 6.20. The maximum Gasteiger partial charge on any atom is 0.223 e. The molecule has 2 aromatic rings. The number of ether oxygens (including phenoxy) is 1. The zero-order valence-corrected chi connectivity index (χ0v) is 15.5. The SMILES string of the molecule is Cc1cccc(OCCN2CCC(C(=O)NCc3ccccc3)CC2)c1. The predicted octanol–water partition coefficient (Wildman–Crippen LogP) is 3.40. The molecule has 1 heterocycles. The van der Waals surface area contributed by atoms with Gasteiger partial charge in [-0.3, -0.25) is 9.69 Å². The van der Waals surface area contributed by atoms with Crippen LogP contribution in [0.15, 0.2) is 54.6 Å². The van der Waals surface area contributed by atoms with Gasteiger partial charge in [0.25, 0.3) is 0 Å². The first kappa shape index (κ1) is 18.5. The minimum absolute atomic E-state index is 0.132. The summed E-state index contributed by atoms with van der Waals surface area (Å²) in [5.74, 6) is 1.25. The number of carbonyl (C=O) groups excluding carboxylic acids is 1. The zero-order chi connectivity index (χ0) is 18.2. The quantitative estimate of drug-likeness (QED) is 0.830. The average Bonchev–Trinajstić information content (AvgIpc) is 2.67. The molecular weight excluding hydrogens is 324 g/mol. The Hall–Kier alpha value is -2.33. The number of piperidine rings is 1. The van der Waals surface area contributed by atoms with Gasteiger partial charge in [0.15, 0.2) is 0 Å². The van der Waals surface area contributed by atoms with Gasteiger partial charge in [0.2, 0.25) is 5.91 Å². The molecule has 0 saturated carbocycles. The Morgan fingerprint density at radius 2 is 1.88 bits per heavy atom. The molecule has 4 heteroatoms. The number of amides is 1. The molecule has 0 unspecified atom stereocenters. The van der Waals surface area contributed by atoms with Crippen molar-refractivity contribution < 1.29 is 9.53 Å². The molecule has 0 spiro atoms. The first-order valence-electron chi connectivity index (χ1n) is 9.44. The van der Waals surface area contributed by atoms with Gasteiger partial charge in [0, 0.05) is 19.0 Å². The Balaban J connectivity index is 1.34. The van der Waals surface area contributed by atoms with Gasteiger partial charge in [-0.05, 0) is 56.1 Å². The van der Waals surface area contributed by atoms with Crippen molar-refractivity contribution >= 4 is 5.91 Å². The number of rotatable bonds is 7. The van der Waals surface area contributed by atoms with Crippen LogP contribution in [0, 0.1) is 12.8 Å². The van der Waals surface area contributed by atoms with Crippen LogP contribution >= 0.6 is 0 Å². The molecule has 1 amide bonds. The third-order valence-electron chi connectivity index (χ3n) is 4.93. The fourth-order valence-corrected chi connectivity index (χ4v) is 3.35. The van der Waals surface area contributed by atoms with Crippen molar-refractivity contribution in [2.45, 2.75) is 26.3 Å². The van der Waals surface area contributed by atoms with E-state index in [0.717, 1.165) is 43.8 Å². The molecule has 0 radical (unpaired) electrons. The first-order valence-corrected chi connectivity index (χ1v) is 9.44. The molecule has 4 nitrogen and oxygen atoms in total. The van der Waals surface area contributed by atoms with Crippen molar-refractivity contribution in [3.8, 4) is 5.75 Å². The lowest BCUT2D eigenvalue weighted by Gasteiger charge is -2.31. The van der Waals surface area contributed by atoms with E-state index in [1.54, 1.807) is 0 Å². The normalized spacial score (nSPS) is 15.6. The molecule has 138 valence electrons. The molecule has 1 fully saturated rings. The van der Waals surface area contributed by atoms with Gasteiger partial charge in [-0.15, -0.1) is 0 Å². The molecule has 0 atom stereocenters. The Morgan fingerprint density at radius 1 is 1.12 bits per heavy atom. The molecule has 1 saturated heterocycles. The van der Waals surface area contributed by atoms with E-state index in [4.69, 9.17) is 4.74 Å². The molecular formula is C22H28N2O2. The lowest BCUT2D eigenvalue weighted by molar-refractivity contribution is -0.126. The summed E-state index contributed by atoms with van der Waals surface area (Å²) in [5, 5.41) is 3.07. The van der Waals surface area contributed by atoms with Crippen LogP contribution in [0.2, 0.25) is 0 Å². The predicted molar refractivity (Wildman–Crippen MR) is 104 cm³/mol. The van der Waals surface area contributed by atoms with Gasteiger partial charge in [-0.1, -0.05) is 42.5 Å². The highest BCUT2D eigenvalue weighted by Gasteiger charge is 2.24. The number of nitrogens with zero attached hydrogens (tertiary/aromatic N) is 1. The highest BCUT2D eigenvalue weighted by Crippen LogP contribution is 2.18. The number of hydrogen-bond donors (Lipinski definition) is 1. The fourth-order valence-electron chi connectivity index (χ4n) is 3.35. The number of hydrogen-bond acceptors (Lipinski definition) is 3. The number of likely N-dealkylation sites (tertiary alicyclic amines) is 1. The van der Waals surface area contributed by atoms with Crippen molar-refractivity contribution in [1.82, 2.24) is 10.2 Å². The second-order valence-electron chi connectivity index (χ2n) is 6.98. The third kappa shape index (κ3) is 5.60. The van der Waals surface area contributed by atoms with Crippen LogP contribution in [-0.2, 0) is 11.3 Å². The summed E-state index contributed by atoms with van der Waals surface area (Å²) < 4.78 is 5.83. The molecule has 0 aromatic heterocycles. The largest absolute Gasteiger partial charge is 0.492 e. The number of aryl methyl sites for hydroxylation is 1. The van der Waals surface area contributed by atoms with Crippen LogP contribution in [0.4, 0.5) is 0 Å². The average molecular weight is 352 g/mol. The Kier molecular flexibility index (Phi) is 6.67. The van der Waals surface area contributed by atoms with Crippen LogP contribution in [0.1, 0.15) is 24.0 Å². The van der Waals surface area contributed by atoms with Crippen molar-refractivity contribution in [3.63, 3.8) is 0 Å². The highest BCUT2D eigenvalue weighted by molar-refractivity contribution is 5.78. The first-order chi connectivity index (χ1) is 12.7. The molecule has 1 aliphatic rings. The number of nitrogens with one attached hydrogen (secondary N) is 1. The monoisotopic (exact) mass is 352 g/mol. The molecule has 26 heavy (non-hydrogen) atoms. The van der Waals surface area contributed by atoms with E-state index in [1.165, 1.54) is 5.56 Å². The van der Waals surface area contributed by atoms with Crippen LogP contribution in [0.3, 0.4) is 0 Å². The van der Waals surface area contributed by atoms with Crippen LogP contribution < -0.4 is 10.1 Å². The van der Waals surface area contributed by atoms with Gasteiger partial charge in [0.05, 0.1) is 0 Å². The van der Waals surface area contributed by atoms with Crippen LogP contribution in [0.5, 0.6) is 5.75 Å². The van der Waals surface area contributed by atoms with Crippen molar-refractivity contribution in [2.75, 3.05) is 26.2 Å². The molecule has 0 aliphatic carbocycles. The Labute approximate surface area is 156 Å². The summed E-state index contributed by atoms with van der Waals surface area (Å²) in [6.07, 6.45) is 1.84. The third-order valence-corrected chi connectivity index (χ3v) is 4.93. The van der Waals surface area contributed by atoms with Crippen molar-refractivity contribution in [2.24, 2.45) is 5.92 Å². The van der Waals surface area contributed by atoms with E-state index in [1.807, 2.05) is 42.5 Å².